The van der Waals surface area contributed by atoms with Gasteiger partial charge in [-0.15, -0.1) is 11.6 Å². The Morgan fingerprint density at radius 3 is 2.84 bits per heavy atom. The van der Waals surface area contributed by atoms with Crippen molar-refractivity contribution >= 4 is 17.3 Å². The van der Waals surface area contributed by atoms with Crippen LogP contribution >= 0.6 is 11.6 Å². The molecule has 0 radical (unpaired) electrons. The third kappa shape index (κ3) is 3.23. The second kappa shape index (κ2) is 5.71. The molecule has 0 fully saturated rings. The van der Waals surface area contributed by atoms with Gasteiger partial charge in [-0.05, 0) is 17.7 Å². The molecule has 1 heterocycles. The van der Waals surface area contributed by atoms with Crippen LogP contribution in [0, 0.1) is 10.1 Å². The third-order valence-corrected chi connectivity index (χ3v) is 2.83. The van der Waals surface area contributed by atoms with Gasteiger partial charge in [-0.1, -0.05) is 6.07 Å². The molecular formula is C12H12ClN3O3. The lowest BCUT2D eigenvalue weighted by molar-refractivity contribution is -0.386. The monoisotopic (exact) mass is 281 g/mol. The van der Waals surface area contributed by atoms with Gasteiger partial charge in [0, 0.05) is 25.2 Å². The quantitative estimate of drug-likeness (QED) is 0.480. The summed E-state index contributed by atoms with van der Waals surface area (Å²) in [6, 6.07) is 6.37. The molecule has 0 aliphatic rings. The molecule has 0 saturated carbocycles. The minimum Gasteiger partial charge on any atom is -0.480 e. The molecule has 0 aliphatic heterocycles. The molecule has 1 aromatic carbocycles. The Bertz CT molecular complexity index is 598. The lowest BCUT2D eigenvalue weighted by atomic mass is 10.2. The standard InChI is InChI=1S/C12H12ClN3O3/c1-15-5-4-10(14-15)8-19-12-6-9(7-13)2-3-11(12)16(17)18/h2-6H,7-8H2,1H3. The number of aryl methyl sites for hydroxylation is 1. The van der Waals surface area contributed by atoms with E-state index in [-0.39, 0.29) is 23.9 Å². The Labute approximate surface area is 114 Å². The zero-order valence-corrected chi connectivity index (χ0v) is 11.0. The van der Waals surface area contributed by atoms with E-state index in [4.69, 9.17) is 16.3 Å². The lowest BCUT2D eigenvalue weighted by Crippen LogP contribution is -2.01. The van der Waals surface area contributed by atoms with Gasteiger partial charge in [0.05, 0.1) is 10.6 Å². The summed E-state index contributed by atoms with van der Waals surface area (Å²) in [4.78, 5) is 10.4. The number of halogens is 1. The SMILES string of the molecule is Cn1ccc(COc2cc(CCl)ccc2[N+](=O)[O-])n1. The molecule has 1 aromatic heterocycles. The summed E-state index contributed by atoms with van der Waals surface area (Å²) < 4.78 is 7.11. The number of aromatic nitrogens is 2. The van der Waals surface area contributed by atoms with Crippen molar-refractivity contribution in [1.82, 2.24) is 9.78 Å². The number of nitro groups is 1. The predicted octanol–water partition coefficient (Wildman–Crippen LogP) is 2.65. The van der Waals surface area contributed by atoms with E-state index in [0.717, 1.165) is 5.56 Å². The molecule has 0 bridgehead atoms. The van der Waals surface area contributed by atoms with Crippen molar-refractivity contribution in [1.29, 1.82) is 0 Å². The molecule has 100 valence electrons. The fourth-order valence-corrected chi connectivity index (χ4v) is 1.77. The van der Waals surface area contributed by atoms with Gasteiger partial charge >= 0.3 is 5.69 Å². The van der Waals surface area contributed by atoms with Gasteiger partial charge in [-0.25, -0.2) is 0 Å². The fraction of sp³-hybridized carbons (Fsp3) is 0.250. The summed E-state index contributed by atoms with van der Waals surface area (Å²) in [5.74, 6) is 0.478. The fourth-order valence-electron chi connectivity index (χ4n) is 1.60. The molecule has 2 aromatic rings. The molecule has 0 N–H and O–H groups in total. The summed E-state index contributed by atoms with van der Waals surface area (Å²) in [7, 11) is 1.79. The van der Waals surface area contributed by atoms with E-state index in [0.29, 0.717) is 5.69 Å². The predicted molar refractivity (Wildman–Crippen MR) is 70.2 cm³/mol. The first-order chi connectivity index (χ1) is 9.10. The molecule has 2 rings (SSSR count). The third-order valence-electron chi connectivity index (χ3n) is 2.52. The van der Waals surface area contributed by atoms with Crippen LogP contribution in [-0.2, 0) is 19.5 Å². The second-order valence-electron chi connectivity index (χ2n) is 3.96. The highest BCUT2D eigenvalue weighted by Crippen LogP contribution is 2.29. The zero-order chi connectivity index (χ0) is 13.8. The van der Waals surface area contributed by atoms with Crippen molar-refractivity contribution in [2.75, 3.05) is 0 Å². The van der Waals surface area contributed by atoms with Crippen LogP contribution in [0.1, 0.15) is 11.3 Å². The largest absolute Gasteiger partial charge is 0.480 e. The smallest absolute Gasteiger partial charge is 0.310 e. The van der Waals surface area contributed by atoms with E-state index in [1.54, 1.807) is 36.1 Å². The molecule has 19 heavy (non-hydrogen) atoms. The van der Waals surface area contributed by atoms with Crippen LogP contribution in [0.4, 0.5) is 5.69 Å². The van der Waals surface area contributed by atoms with Gasteiger partial charge in [0.15, 0.2) is 5.75 Å². The molecule has 0 aliphatic carbocycles. The van der Waals surface area contributed by atoms with E-state index < -0.39 is 4.92 Å². The van der Waals surface area contributed by atoms with Crippen LogP contribution in [0.15, 0.2) is 30.5 Å². The Morgan fingerprint density at radius 1 is 1.47 bits per heavy atom. The highest BCUT2D eigenvalue weighted by Gasteiger charge is 2.15. The van der Waals surface area contributed by atoms with Crippen molar-refractivity contribution in [3.8, 4) is 5.75 Å². The summed E-state index contributed by atoms with van der Waals surface area (Å²) in [6.07, 6.45) is 1.78. The number of benzene rings is 1. The molecule has 0 unspecified atom stereocenters. The van der Waals surface area contributed by atoms with E-state index >= 15 is 0 Å². The van der Waals surface area contributed by atoms with Crippen molar-refractivity contribution < 1.29 is 9.66 Å². The van der Waals surface area contributed by atoms with Crippen molar-refractivity contribution in [3.63, 3.8) is 0 Å². The number of hydrogen-bond donors (Lipinski definition) is 0. The Balaban J connectivity index is 2.19. The summed E-state index contributed by atoms with van der Waals surface area (Å²) >= 11 is 5.71. The summed E-state index contributed by atoms with van der Waals surface area (Å²) in [5, 5.41) is 15.0. The molecule has 0 atom stereocenters. The number of rotatable bonds is 5. The zero-order valence-electron chi connectivity index (χ0n) is 10.2. The first-order valence-corrected chi connectivity index (χ1v) is 6.08. The molecule has 7 heteroatoms. The number of hydrogen-bond acceptors (Lipinski definition) is 4. The van der Waals surface area contributed by atoms with Crippen LogP contribution in [0.2, 0.25) is 0 Å². The Hall–Kier alpha value is -2.08. The van der Waals surface area contributed by atoms with Gasteiger partial charge in [0.2, 0.25) is 0 Å². The van der Waals surface area contributed by atoms with Crippen LogP contribution in [-0.4, -0.2) is 14.7 Å². The summed E-state index contributed by atoms with van der Waals surface area (Å²) in [6.45, 7) is 0.174. The van der Waals surface area contributed by atoms with Crippen molar-refractivity contribution in [2.24, 2.45) is 7.05 Å². The maximum Gasteiger partial charge on any atom is 0.310 e. The first-order valence-electron chi connectivity index (χ1n) is 5.54. The second-order valence-corrected chi connectivity index (χ2v) is 4.23. The molecule has 0 amide bonds. The molecule has 6 nitrogen and oxygen atoms in total. The molecule has 0 spiro atoms. The van der Waals surface area contributed by atoms with Crippen molar-refractivity contribution in [3.05, 3.63) is 51.8 Å². The molecule has 0 saturated heterocycles. The minimum atomic E-state index is -0.480. The van der Waals surface area contributed by atoms with Crippen LogP contribution in [0.5, 0.6) is 5.75 Å². The highest BCUT2D eigenvalue weighted by molar-refractivity contribution is 6.17. The Kier molecular flexibility index (Phi) is 4.01. The summed E-state index contributed by atoms with van der Waals surface area (Å²) in [5.41, 5.74) is 1.39. The van der Waals surface area contributed by atoms with E-state index in [1.165, 1.54) is 6.07 Å². The highest BCUT2D eigenvalue weighted by atomic mass is 35.5. The van der Waals surface area contributed by atoms with Gasteiger partial charge in [0.1, 0.15) is 6.61 Å². The maximum absolute atomic E-state index is 10.9. The minimum absolute atomic E-state index is 0.0789. The number of alkyl halides is 1. The normalized spacial score (nSPS) is 10.4. The average Bonchev–Trinajstić information content (AvgIpc) is 2.81. The maximum atomic E-state index is 10.9. The van der Waals surface area contributed by atoms with Gasteiger partial charge in [-0.2, -0.15) is 5.10 Å². The lowest BCUT2D eigenvalue weighted by Gasteiger charge is -2.06. The first kappa shape index (κ1) is 13.4. The van der Waals surface area contributed by atoms with Crippen LogP contribution < -0.4 is 4.74 Å². The Morgan fingerprint density at radius 2 is 2.26 bits per heavy atom. The van der Waals surface area contributed by atoms with E-state index in [2.05, 4.69) is 5.10 Å². The van der Waals surface area contributed by atoms with Gasteiger partial charge in [0.25, 0.3) is 0 Å². The topological polar surface area (TPSA) is 70.2 Å². The average molecular weight is 282 g/mol. The van der Waals surface area contributed by atoms with Crippen LogP contribution in [0.25, 0.3) is 0 Å². The van der Waals surface area contributed by atoms with Crippen LogP contribution in [0.3, 0.4) is 0 Å². The van der Waals surface area contributed by atoms with Gasteiger partial charge in [-0.3, -0.25) is 14.8 Å². The van der Waals surface area contributed by atoms with E-state index in [9.17, 15) is 10.1 Å². The van der Waals surface area contributed by atoms with Gasteiger partial charge < -0.3 is 4.74 Å². The van der Waals surface area contributed by atoms with Crippen molar-refractivity contribution in [2.45, 2.75) is 12.5 Å². The van der Waals surface area contributed by atoms with E-state index in [1.807, 2.05) is 0 Å². The number of ether oxygens (including phenoxy) is 1. The molecular weight excluding hydrogens is 270 g/mol. The number of nitrogens with zero attached hydrogens (tertiary/aromatic N) is 3. The number of nitro benzene ring substituents is 1.